The van der Waals surface area contributed by atoms with Gasteiger partial charge in [0.25, 0.3) is 5.91 Å². The first-order valence-corrected chi connectivity index (χ1v) is 11.5. The topological polar surface area (TPSA) is 81.2 Å². The van der Waals surface area contributed by atoms with Crippen LogP contribution in [0.25, 0.3) is 11.0 Å². The molecule has 0 aliphatic heterocycles. The zero-order valence-electron chi connectivity index (χ0n) is 18.6. The molecule has 0 unspecified atom stereocenters. The van der Waals surface area contributed by atoms with Gasteiger partial charge in [0.2, 0.25) is 0 Å². The fourth-order valence-corrected chi connectivity index (χ4v) is 6.72. The maximum absolute atomic E-state index is 12.6. The van der Waals surface area contributed by atoms with Crippen molar-refractivity contribution in [3.8, 4) is 0 Å². The van der Waals surface area contributed by atoms with E-state index in [0.717, 1.165) is 34.7 Å². The van der Waals surface area contributed by atoms with Crippen LogP contribution >= 0.6 is 0 Å². The summed E-state index contributed by atoms with van der Waals surface area (Å²) in [6.45, 7) is 5.68. The molecule has 6 rings (SSSR count). The molecule has 0 spiro atoms. The Kier molecular flexibility index (Phi) is 4.98. The van der Waals surface area contributed by atoms with Gasteiger partial charge in [-0.1, -0.05) is 0 Å². The Hall–Kier alpha value is -2.50. The second kappa shape index (κ2) is 7.57. The van der Waals surface area contributed by atoms with Gasteiger partial charge in [0.05, 0.1) is 28.0 Å². The minimum Gasteiger partial charge on any atom is -0.452 e. The second-order valence-electron chi connectivity index (χ2n) is 10.2. The van der Waals surface area contributed by atoms with Gasteiger partial charge in [0.15, 0.2) is 6.61 Å². The van der Waals surface area contributed by atoms with Crippen molar-refractivity contribution in [2.45, 2.75) is 65.3 Å². The van der Waals surface area contributed by atoms with Gasteiger partial charge in [0, 0.05) is 6.04 Å². The van der Waals surface area contributed by atoms with E-state index in [4.69, 9.17) is 4.74 Å². The Bertz CT molecular complexity index is 1010. The van der Waals surface area contributed by atoms with E-state index in [-0.39, 0.29) is 24.0 Å². The third-order valence-electron chi connectivity index (χ3n) is 8.03. The number of rotatable bonds is 5. The molecule has 1 N–H and O–H groups in total. The molecule has 4 aliphatic rings. The summed E-state index contributed by atoms with van der Waals surface area (Å²) in [5.41, 5.74) is 3.71. The summed E-state index contributed by atoms with van der Waals surface area (Å²) in [7, 11) is 0. The molecule has 1 heterocycles. The van der Waals surface area contributed by atoms with E-state index in [0.29, 0.717) is 11.1 Å². The van der Waals surface area contributed by atoms with Crippen molar-refractivity contribution in [2.24, 2.45) is 23.2 Å². The molecule has 4 saturated carbocycles. The highest BCUT2D eigenvalue weighted by Gasteiger charge is 2.53. The molecule has 0 saturated heterocycles. The Morgan fingerprint density at radius 3 is 2.23 bits per heavy atom. The highest BCUT2D eigenvalue weighted by atomic mass is 16.5. The average molecular weight is 422 g/mol. The highest BCUT2D eigenvalue weighted by Crippen LogP contribution is 2.61. The minimum absolute atomic E-state index is 0.120. The van der Waals surface area contributed by atoms with Gasteiger partial charge in [-0.05, 0) is 101 Å². The van der Waals surface area contributed by atoms with Crippen LogP contribution in [-0.4, -0.2) is 34.5 Å². The van der Waals surface area contributed by atoms with Gasteiger partial charge in [-0.2, -0.15) is 0 Å². The number of aromatic nitrogens is 2. The lowest BCUT2D eigenvalue weighted by Gasteiger charge is -2.59. The first kappa shape index (κ1) is 20.4. The Labute approximate surface area is 183 Å². The summed E-state index contributed by atoms with van der Waals surface area (Å²) in [6.07, 6.45) is 7.85. The predicted octanol–water partition coefficient (Wildman–Crippen LogP) is 4.12. The Morgan fingerprint density at radius 2 is 1.61 bits per heavy atom. The smallest absolute Gasteiger partial charge is 0.338 e. The molecule has 1 aromatic carbocycles. The lowest BCUT2D eigenvalue weighted by molar-refractivity contribution is -0.128. The van der Waals surface area contributed by atoms with Crippen LogP contribution in [0.1, 0.15) is 67.2 Å². The average Bonchev–Trinajstić information content (AvgIpc) is 2.71. The van der Waals surface area contributed by atoms with Crippen LogP contribution in [0.2, 0.25) is 0 Å². The van der Waals surface area contributed by atoms with Crippen molar-refractivity contribution >= 4 is 22.9 Å². The van der Waals surface area contributed by atoms with Gasteiger partial charge in [-0.15, -0.1) is 0 Å². The van der Waals surface area contributed by atoms with E-state index in [1.165, 1.54) is 38.5 Å². The number of carbonyl (C=O) groups is 2. The summed E-state index contributed by atoms with van der Waals surface area (Å²) in [5.74, 6) is 1.79. The molecule has 1 aromatic heterocycles. The molecule has 6 heteroatoms. The van der Waals surface area contributed by atoms with Gasteiger partial charge in [-0.25, -0.2) is 14.8 Å². The summed E-state index contributed by atoms with van der Waals surface area (Å²) >= 11 is 0. The number of nitrogens with one attached hydrogen (secondary N) is 1. The fourth-order valence-electron chi connectivity index (χ4n) is 6.72. The van der Waals surface area contributed by atoms with E-state index >= 15 is 0 Å². The Balaban J connectivity index is 1.19. The van der Waals surface area contributed by atoms with Crippen LogP contribution in [0.3, 0.4) is 0 Å². The summed E-state index contributed by atoms with van der Waals surface area (Å²) < 4.78 is 5.31. The minimum atomic E-state index is -0.514. The molecule has 1 atom stereocenters. The molecular weight excluding hydrogens is 390 g/mol. The van der Waals surface area contributed by atoms with Gasteiger partial charge in [-0.3, -0.25) is 4.79 Å². The number of hydrogen-bond donors (Lipinski definition) is 1. The van der Waals surface area contributed by atoms with Crippen LogP contribution in [0.4, 0.5) is 0 Å². The summed E-state index contributed by atoms with van der Waals surface area (Å²) in [4.78, 5) is 34.0. The van der Waals surface area contributed by atoms with E-state index < -0.39 is 5.97 Å². The molecule has 6 nitrogen and oxygen atoms in total. The van der Waals surface area contributed by atoms with Gasteiger partial charge in [0.1, 0.15) is 0 Å². The van der Waals surface area contributed by atoms with Gasteiger partial charge >= 0.3 is 5.97 Å². The van der Waals surface area contributed by atoms with Crippen LogP contribution in [0.5, 0.6) is 0 Å². The lowest BCUT2D eigenvalue weighted by atomic mass is 9.48. The van der Waals surface area contributed by atoms with Crippen molar-refractivity contribution in [1.82, 2.24) is 15.3 Å². The summed E-state index contributed by atoms with van der Waals surface area (Å²) in [5, 5.41) is 3.15. The van der Waals surface area contributed by atoms with Crippen LogP contribution in [0.15, 0.2) is 18.2 Å². The molecule has 2 aromatic rings. The molecule has 164 valence electrons. The number of aryl methyl sites for hydroxylation is 2. The molecular formula is C25H31N3O3. The van der Waals surface area contributed by atoms with Crippen molar-refractivity contribution in [1.29, 1.82) is 0 Å². The van der Waals surface area contributed by atoms with E-state index in [9.17, 15) is 9.59 Å². The highest BCUT2D eigenvalue weighted by molar-refractivity contribution is 5.94. The number of amides is 1. The number of nitrogens with zero attached hydrogens (tertiary/aromatic N) is 2. The maximum atomic E-state index is 12.6. The normalized spacial score (nSPS) is 29.7. The number of ether oxygens (including phenoxy) is 1. The van der Waals surface area contributed by atoms with Crippen molar-refractivity contribution < 1.29 is 14.3 Å². The first-order valence-electron chi connectivity index (χ1n) is 11.5. The quantitative estimate of drug-likeness (QED) is 0.735. The van der Waals surface area contributed by atoms with Crippen molar-refractivity contribution in [2.75, 3.05) is 6.61 Å². The lowest BCUT2D eigenvalue weighted by Crippen LogP contribution is -2.56. The predicted molar refractivity (Wildman–Crippen MR) is 118 cm³/mol. The Morgan fingerprint density at radius 1 is 1.03 bits per heavy atom. The third kappa shape index (κ3) is 3.81. The molecule has 4 fully saturated rings. The standard InChI is InChI=1S/C25H31N3O3/c1-14-15(2)27-22-9-20(4-5-21(22)26-14)24(30)31-13-23(29)28-16(3)25-10-17-6-18(11-25)8-19(7-17)12-25/h4-5,9,16-19H,6-8,10-13H2,1-3H3,(H,28,29)/t16-,17?,18?,19?,25?/m1/s1. The third-order valence-corrected chi connectivity index (χ3v) is 8.03. The number of esters is 1. The number of benzene rings is 1. The zero-order valence-corrected chi connectivity index (χ0v) is 18.6. The van der Waals surface area contributed by atoms with Crippen molar-refractivity contribution in [3.05, 3.63) is 35.2 Å². The monoisotopic (exact) mass is 421 g/mol. The van der Waals surface area contributed by atoms with E-state index in [2.05, 4.69) is 22.2 Å². The number of fused-ring (bicyclic) bond motifs is 1. The first-order chi connectivity index (χ1) is 14.8. The second-order valence-corrected chi connectivity index (χ2v) is 10.2. The zero-order chi connectivity index (χ0) is 21.8. The van der Waals surface area contributed by atoms with E-state index in [1.54, 1.807) is 18.2 Å². The molecule has 0 radical (unpaired) electrons. The SMILES string of the molecule is Cc1nc2ccc(C(=O)OCC(=O)N[C@H](C)C34CC5CC(CC(C5)C3)C4)cc2nc1C. The maximum Gasteiger partial charge on any atom is 0.338 e. The van der Waals surface area contributed by atoms with Crippen LogP contribution in [-0.2, 0) is 9.53 Å². The number of hydrogen-bond acceptors (Lipinski definition) is 5. The fraction of sp³-hybridized carbons (Fsp3) is 0.600. The van der Waals surface area contributed by atoms with E-state index in [1.807, 2.05) is 13.8 Å². The van der Waals surface area contributed by atoms with Crippen LogP contribution in [0, 0.1) is 37.0 Å². The summed E-state index contributed by atoms with van der Waals surface area (Å²) in [6, 6.07) is 5.23. The van der Waals surface area contributed by atoms with Gasteiger partial charge < -0.3 is 10.1 Å². The molecule has 4 aliphatic carbocycles. The largest absolute Gasteiger partial charge is 0.452 e. The van der Waals surface area contributed by atoms with Crippen molar-refractivity contribution in [3.63, 3.8) is 0 Å². The molecule has 4 bridgehead atoms. The number of carbonyl (C=O) groups excluding carboxylic acids is 2. The molecule has 31 heavy (non-hydrogen) atoms. The molecule has 1 amide bonds. The van der Waals surface area contributed by atoms with Crippen LogP contribution < -0.4 is 5.32 Å².